The van der Waals surface area contributed by atoms with E-state index >= 15 is 0 Å². The number of nitrogen functional groups attached to an aromatic ring is 1. The molecule has 7 heteroatoms. The highest BCUT2D eigenvalue weighted by Gasteiger charge is 2.28. The van der Waals surface area contributed by atoms with Crippen molar-refractivity contribution >= 4 is 39.4 Å². The Balaban J connectivity index is 2.06. The number of nitrogens with two attached hydrogens (primary N) is 1. The molecule has 1 unspecified atom stereocenters. The lowest BCUT2D eigenvalue weighted by atomic mass is 10.2. The van der Waals surface area contributed by atoms with Crippen LogP contribution in [0.2, 0.25) is 0 Å². The van der Waals surface area contributed by atoms with Gasteiger partial charge in [-0.3, -0.25) is 0 Å². The Bertz CT molecular complexity index is 586. The normalized spacial score (nSPS) is 23.9. The minimum absolute atomic E-state index is 0.0594. The van der Waals surface area contributed by atoms with Gasteiger partial charge in [0.25, 0.3) is 0 Å². The summed E-state index contributed by atoms with van der Waals surface area (Å²) in [6.45, 7) is 0.0594. The van der Waals surface area contributed by atoms with Crippen LogP contribution < -0.4 is 5.73 Å². The first-order valence-electron chi connectivity index (χ1n) is 5.73. The van der Waals surface area contributed by atoms with E-state index in [1.54, 1.807) is 0 Å². The molecule has 0 bridgehead atoms. The second-order valence-electron chi connectivity index (χ2n) is 4.31. The van der Waals surface area contributed by atoms with E-state index in [1.807, 2.05) is 10.8 Å². The largest absolute Gasteiger partial charge is 0.394 e. The highest BCUT2D eigenvalue weighted by Crippen LogP contribution is 2.34. The molecule has 3 rings (SSSR count). The maximum absolute atomic E-state index is 9.11. The van der Waals surface area contributed by atoms with E-state index in [0.717, 1.165) is 27.4 Å². The number of rotatable bonds is 2. The second-order valence-corrected chi connectivity index (χ2v) is 5.48. The van der Waals surface area contributed by atoms with E-state index in [2.05, 4.69) is 32.6 Å². The van der Waals surface area contributed by atoms with Gasteiger partial charge in [0.15, 0.2) is 0 Å². The summed E-state index contributed by atoms with van der Waals surface area (Å²) in [7, 11) is 0. The first-order valence-corrected chi connectivity index (χ1v) is 6.81. The minimum atomic E-state index is -0.0811. The van der Waals surface area contributed by atoms with Gasteiger partial charge < -0.3 is 20.1 Å². The molecule has 3 heterocycles. The zero-order chi connectivity index (χ0) is 12.7. The Morgan fingerprint density at radius 3 is 3.06 bits per heavy atom. The van der Waals surface area contributed by atoms with Gasteiger partial charge in [-0.15, -0.1) is 0 Å². The fourth-order valence-electron chi connectivity index (χ4n) is 2.31. The number of ether oxygens (including phenoxy) is 1. The van der Waals surface area contributed by atoms with E-state index in [1.165, 1.54) is 6.33 Å². The lowest BCUT2D eigenvalue weighted by Gasteiger charge is -2.14. The third-order valence-electron chi connectivity index (χ3n) is 3.19. The summed E-state index contributed by atoms with van der Waals surface area (Å²) >= 11 is 2.22. The highest BCUT2D eigenvalue weighted by molar-refractivity contribution is 14.1. The Labute approximate surface area is 117 Å². The van der Waals surface area contributed by atoms with Gasteiger partial charge in [0.2, 0.25) is 0 Å². The van der Waals surface area contributed by atoms with Crippen molar-refractivity contribution in [3.8, 4) is 0 Å². The van der Waals surface area contributed by atoms with E-state index in [-0.39, 0.29) is 18.9 Å². The van der Waals surface area contributed by atoms with Gasteiger partial charge in [-0.1, -0.05) is 0 Å². The molecule has 3 N–H and O–H groups in total. The van der Waals surface area contributed by atoms with Crippen molar-refractivity contribution in [2.75, 3.05) is 12.3 Å². The maximum atomic E-state index is 9.11. The van der Waals surface area contributed by atoms with Crippen LogP contribution in [0, 0.1) is 3.57 Å². The molecule has 0 radical (unpaired) electrons. The summed E-state index contributed by atoms with van der Waals surface area (Å²) in [6, 6.07) is 0. The van der Waals surface area contributed by atoms with Crippen molar-refractivity contribution in [2.24, 2.45) is 0 Å². The summed E-state index contributed by atoms with van der Waals surface area (Å²) in [4.78, 5) is 8.29. The fraction of sp³-hybridized carbons (Fsp3) is 0.455. The number of halogens is 1. The molecule has 0 aromatic carbocycles. The second kappa shape index (κ2) is 4.63. The summed E-state index contributed by atoms with van der Waals surface area (Å²) in [5.41, 5.74) is 6.66. The topological polar surface area (TPSA) is 86.2 Å². The van der Waals surface area contributed by atoms with Crippen LogP contribution in [0.4, 0.5) is 5.82 Å². The highest BCUT2D eigenvalue weighted by atomic mass is 127. The van der Waals surface area contributed by atoms with Crippen LogP contribution in [0.1, 0.15) is 19.1 Å². The van der Waals surface area contributed by atoms with Gasteiger partial charge in [-0.25, -0.2) is 9.97 Å². The van der Waals surface area contributed by atoms with Crippen LogP contribution in [-0.2, 0) is 4.74 Å². The molecular weight excluding hydrogens is 347 g/mol. The van der Waals surface area contributed by atoms with Crippen molar-refractivity contribution < 1.29 is 9.84 Å². The van der Waals surface area contributed by atoms with Crippen LogP contribution in [-0.4, -0.2) is 32.4 Å². The van der Waals surface area contributed by atoms with Gasteiger partial charge in [0, 0.05) is 9.77 Å². The summed E-state index contributed by atoms with van der Waals surface area (Å²) in [6.07, 6.45) is 5.00. The molecule has 1 saturated heterocycles. The van der Waals surface area contributed by atoms with Gasteiger partial charge in [-0.2, -0.15) is 0 Å². The van der Waals surface area contributed by atoms with Crippen molar-refractivity contribution in [1.82, 2.24) is 14.5 Å². The Morgan fingerprint density at radius 1 is 1.50 bits per heavy atom. The van der Waals surface area contributed by atoms with Crippen LogP contribution in [0.5, 0.6) is 0 Å². The van der Waals surface area contributed by atoms with E-state index in [9.17, 15) is 0 Å². The molecule has 0 spiro atoms. The number of hydrogen-bond acceptors (Lipinski definition) is 5. The van der Waals surface area contributed by atoms with Crippen molar-refractivity contribution in [1.29, 1.82) is 0 Å². The molecule has 0 amide bonds. The number of nitrogens with zero attached hydrogens (tertiary/aromatic N) is 3. The quantitative estimate of drug-likeness (QED) is 0.789. The third kappa shape index (κ3) is 1.86. The third-order valence-corrected chi connectivity index (χ3v) is 4.01. The molecule has 6 nitrogen and oxygen atoms in total. The molecule has 1 fully saturated rings. The predicted octanol–water partition coefficient (Wildman–Crippen LogP) is 1.29. The standard InChI is InChI=1S/C11H13IN4O2/c12-7-3-16(8-2-1-6(4-17)18-8)11-9(7)10(13)14-5-15-11/h3,5-6,8,17H,1-2,4H2,(H2,13,14,15)/t6?,8-/m1/s1. The van der Waals surface area contributed by atoms with E-state index < -0.39 is 0 Å². The smallest absolute Gasteiger partial charge is 0.148 e. The van der Waals surface area contributed by atoms with Crippen molar-refractivity contribution in [3.05, 3.63) is 16.1 Å². The first-order chi connectivity index (χ1) is 8.70. The van der Waals surface area contributed by atoms with Crippen LogP contribution in [0.15, 0.2) is 12.5 Å². The zero-order valence-electron chi connectivity index (χ0n) is 9.58. The Hall–Kier alpha value is -0.930. The fourth-order valence-corrected chi connectivity index (χ4v) is 3.12. The van der Waals surface area contributed by atoms with E-state index in [0.29, 0.717) is 5.82 Å². The van der Waals surface area contributed by atoms with Gasteiger partial charge in [0.05, 0.1) is 18.1 Å². The molecule has 2 aromatic heterocycles. The number of fused-ring (bicyclic) bond motifs is 1. The van der Waals surface area contributed by atoms with Crippen LogP contribution in [0.3, 0.4) is 0 Å². The first kappa shape index (κ1) is 12.1. The number of aliphatic hydroxyl groups is 1. The van der Waals surface area contributed by atoms with E-state index in [4.69, 9.17) is 15.6 Å². The lowest BCUT2D eigenvalue weighted by Crippen LogP contribution is -2.14. The molecule has 0 saturated carbocycles. The molecule has 2 aromatic rings. The molecular formula is C11H13IN4O2. The zero-order valence-corrected chi connectivity index (χ0v) is 11.7. The molecule has 1 aliphatic rings. The molecule has 96 valence electrons. The summed E-state index contributed by atoms with van der Waals surface area (Å²) < 4.78 is 8.75. The summed E-state index contributed by atoms with van der Waals surface area (Å²) in [5.74, 6) is 0.486. The Morgan fingerprint density at radius 2 is 2.33 bits per heavy atom. The molecule has 2 atom stereocenters. The summed E-state index contributed by atoms with van der Waals surface area (Å²) in [5, 5.41) is 9.98. The average molecular weight is 360 g/mol. The average Bonchev–Trinajstić information content (AvgIpc) is 2.94. The monoisotopic (exact) mass is 360 g/mol. The number of hydrogen-bond donors (Lipinski definition) is 2. The van der Waals surface area contributed by atoms with Crippen molar-refractivity contribution in [2.45, 2.75) is 25.2 Å². The SMILES string of the molecule is Nc1ncnc2c1c(I)cn2[C@H]1CCC(CO)O1. The molecule has 0 aliphatic carbocycles. The number of aromatic nitrogens is 3. The number of anilines is 1. The van der Waals surface area contributed by atoms with Crippen LogP contribution >= 0.6 is 22.6 Å². The number of aliphatic hydroxyl groups excluding tert-OH is 1. The van der Waals surface area contributed by atoms with Crippen molar-refractivity contribution in [3.63, 3.8) is 0 Å². The van der Waals surface area contributed by atoms with Gasteiger partial charge >= 0.3 is 0 Å². The van der Waals surface area contributed by atoms with Gasteiger partial charge in [-0.05, 0) is 35.4 Å². The minimum Gasteiger partial charge on any atom is -0.394 e. The lowest BCUT2D eigenvalue weighted by molar-refractivity contribution is -0.0205. The molecule has 1 aliphatic heterocycles. The van der Waals surface area contributed by atoms with Gasteiger partial charge in [0.1, 0.15) is 24.0 Å². The van der Waals surface area contributed by atoms with Crippen LogP contribution in [0.25, 0.3) is 11.0 Å². The predicted molar refractivity (Wildman–Crippen MR) is 74.9 cm³/mol. The Kier molecular flexibility index (Phi) is 3.12. The maximum Gasteiger partial charge on any atom is 0.148 e. The molecule has 18 heavy (non-hydrogen) atoms.